The van der Waals surface area contributed by atoms with Gasteiger partial charge in [0.2, 0.25) is 0 Å². The fourth-order valence-corrected chi connectivity index (χ4v) is 1.98. The molecule has 3 nitrogen and oxygen atoms in total. The molecule has 0 saturated carbocycles. The summed E-state index contributed by atoms with van der Waals surface area (Å²) in [5, 5.41) is 10.0. The molecular formula is C11H21N3S. The number of nitrogens with zero attached hydrogens (tertiary/aromatic N) is 1. The van der Waals surface area contributed by atoms with E-state index >= 15 is 0 Å². The number of aromatic nitrogens is 1. The van der Waals surface area contributed by atoms with Gasteiger partial charge < -0.3 is 10.6 Å². The Morgan fingerprint density at radius 2 is 2.20 bits per heavy atom. The first-order valence-electron chi connectivity index (χ1n) is 5.29. The lowest BCUT2D eigenvalue weighted by molar-refractivity contribution is 0.374. The summed E-state index contributed by atoms with van der Waals surface area (Å²) < 4.78 is 0. The van der Waals surface area contributed by atoms with E-state index in [1.807, 2.05) is 14.0 Å². The van der Waals surface area contributed by atoms with E-state index in [1.54, 1.807) is 11.3 Å². The third-order valence-corrected chi connectivity index (χ3v) is 3.68. The van der Waals surface area contributed by atoms with E-state index in [-0.39, 0.29) is 5.54 Å². The van der Waals surface area contributed by atoms with Crippen LogP contribution in [-0.4, -0.2) is 24.1 Å². The lowest BCUT2D eigenvalue weighted by Gasteiger charge is -2.26. The van der Waals surface area contributed by atoms with E-state index < -0.39 is 0 Å². The Morgan fingerprint density at radius 1 is 1.53 bits per heavy atom. The van der Waals surface area contributed by atoms with Crippen molar-refractivity contribution in [2.24, 2.45) is 0 Å². The Hall–Kier alpha value is -0.450. The second-order valence-corrected chi connectivity index (χ2v) is 5.45. The zero-order chi connectivity index (χ0) is 11.5. The van der Waals surface area contributed by atoms with Crippen molar-refractivity contribution in [3.8, 4) is 0 Å². The summed E-state index contributed by atoms with van der Waals surface area (Å²) in [6.45, 7) is 9.48. The van der Waals surface area contributed by atoms with Gasteiger partial charge in [-0.05, 0) is 34.7 Å². The van der Waals surface area contributed by atoms with E-state index in [1.165, 1.54) is 5.01 Å². The zero-order valence-electron chi connectivity index (χ0n) is 10.2. The maximum Gasteiger partial charge on any atom is 0.110 e. The Morgan fingerprint density at radius 3 is 2.67 bits per heavy atom. The molecule has 1 rings (SSSR count). The number of rotatable bonds is 5. The number of nitrogens with one attached hydrogen (secondary N) is 2. The molecule has 0 spiro atoms. The minimum atomic E-state index is 0.126. The van der Waals surface area contributed by atoms with E-state index in [4.69, 9.17) is 0 Å². The lowest BCUT2D eigenvalue weighted by Crippen LogP contribution is -2.46. The predicted molar refractivity (Wildman–Crippen MR) is 66.4 cm³/mol. The minimum Gasteiger partial charge on any atom is -0.314 e. The van der Waals surface area contributed by atoms with Crippen LogP contribution in [0.25, 0.3) is 0 Å². The smallest absolute Gasteiger partial charge is 0.110 e. The molecular weight excluding hydrogens is 206 g/mol. The monoisotopic (exact) mass is 227 g/mol. The van der Waals surface area contributed by atoms with E-state index in [0.717, 1.165) is 12.2 Å². The molecule has 1 aromatic rings. The van der Waals surface area contributed by atoms with Crippen molar-refractivity contribution in [1.29, 1.82) is 0 Å². The molecule has 0 aromatic carbocycles. The van der Waals surface area contributed by atoms with Crippen molar-refractivity contribution in [2.75, 3.05) is 13.6 Å². The van der Waals surface area contributed by atoms with Gasteiger partial charge in [-0.3, -0.25) is 0 Å². The van der Waals surface area contributed by atoms with Crippen LogP contribution in [0.5, 0.6) is 0 Å². The molecule has 1 atom stereocenters. The molecule has 4 heteroatoms. The van der Waals surface area contributed by atoms with Gasteiger partial charge >= 0.3 is 0 Å². The third-order valence-electron chi connectivity index (χ3n) is 2.53. The Bertz CT molecular complexity index is 307. The number of likely N-dealkylation sites (N-methyl/N-ethyl adjacent to an activating group) is 1. The first kappa shape index (κ1) is 12.6. The molecule has 86 valence electrons. The van der Waals surface area contributed by atoms with Gasteiger partial charge in [-0.2, -0.15) is 0 Å². The van der Waals surface area contributed by atoms with E-state index in [0.29, 0.717) is 6.04 Å². The molecule has 0 amide bonds. The van der Waals surface area contributed by atoms with Gasteiger partial charge in [0.25, 0.3) is 0 Å². The van der Waals surface area contributed by atoms with E-state index in [2.05, 4.69) is 41.8 Å². The van der Waals surface area contributed by atoms with Gasteiger partial charge in [0.15, 0.2) is 0 Å². The topological polar surface area (TPSA) is 37.0 Å². The summed E-state index contributed by atoms with van der Waals surface area (Å²) in [5.41, 5.74) is 1.23. The number of hydrogen-bond acceptors (Lipinski definition) is 4. The minimum absolute atomic E-state index is 0.126. The highest BCUT2D eigenvalue weighted by molar-refractivity contribution is 7.09. The van der Waals surface area contributed by atoms with Crippen LogP contribution < -0.4 is 10.6 Å². The summed E-state index contributed by atoms with van der Waals surface area (Å²) in [6.07, 6.45) is 0. The van der Waals surface area contributed by atoms with Crippen molar-refractivity contribution in [3.63, 3.8) is 0 Å². The number of hydrogen-bond donors (Lipinski definition) is 2. The quantitative estimate of drug-likeness (QED) is 0.809. The highest BCUT2D eigenvalue weighted by Gasteiger charge is 2.17. The van der Waals surface area contributed by atoms with Crippen LogP contribution in [0.4, 0.5) is 0 Å². The molecule has 0 radical (unpaired) electrons. The number of aryl methyl sites for hydroxylation is 1. The summed E-state index contributed by atoms with van der Waals surface area (Å²) in [4.78, 5) is 4.47. The van der Waals surface area contributed by atoms with Crippen LogP contribution in [0.15, 0.2) is 5.38 Å². The molecule has 1 unspecified atom stereocenters. The van der Waals surface area contributed by atoms with Crippen LogP contribution in [-0.2, 0) is 0 Å². The predicted octanol–water partition coefficient (Wildman–Crippen LogP) is 2.10. The summed E-state index contributed by atoms with van der Waals surface area (Å²) in [5.74, 6) is 0. The van der Waals surface area contributed by atoms with Gasteiger partial charge in [-0.25, -0.2) is 4.98 Å². The van der Waals surface area contributed by atoms with Crippen molar-refractivity contribution < 1.29 is 0 Å². The second kappa shape index (κ2) is 5.05. The normalized spacial score (nSPS) is 14.2. The Balaban J connectivity index is 2.46. The van der Waals surface area contributed by atoms with Crippen LogP contribution in [0.2, 0.25) is 0 Å². The fraction of sp³-hybridized carbons (Fsp3) is 0.727. The molecule has 0 aliphatic carbocycles. The fourth-order valence-electron chi connectivity index (χ4n) is 1.16. The maximum atomic E-state index is 4.47. The van der Waals surface area contributed by atoms with Gasteiger partial charge in [0, 0.05) is 23.2 Å². The zero-order valence-corrected chi connectivity index (χ0v) is 11.0. The van der Waals surface area contributed by atoms with Gasteiger partial charge in [0.05, 0.1) is 6.04 Å². The summed E-state index contributed by atoms with van der Waals surface area (Å²) >= 11 is 1.72. The standard InChI is InChI=1S/C11H21N3S/c1-8-6-15-10(14-8)9(2)13-7-11(3,4)12-5/h6,9,12-13H,7H2,1-5H3. The van der Waals surface area contributed by atoms with Crippen LogP contribution >= 0.6 is 11.3 Å². The molecule has 0 saturated heterocycles. The maximum absolute atomic E-state index is 4.47. The first-order chi connectivity index (χ1) is 6.94. The molecule has 1 aromatic heterocycles. The van der Waals surface area contributed by atoms with Gasteiger partial charge in [-0.1, -0.05) is 0 Å². The molecule has 0 aliphatic rings. The highest BCUT2D eigenvalue weighted by atomic mass is 32.1. The summed E-state index contributed by atoms with van der Waals surface area (Å²) in [7, 11) is 1.99. The molecule has 2 N–H and O–H groups in total. The third kappa shape index (κ3) is 3.89. The van der Waals surface area contributed by atoms with Crippen molar-refractivity contribution in [2.45, 2.75) is 39.3 Å². The molecule has 15 heavy (non-hydrogen) atoms. The largest absolute Gasteiger partial charge is 0.314 e. The van der Waals surface area contributed by atoms with Gasteiger partial charge in [0.1, 0.15) is 5.01 Å². The molecule has 0 bridgehead atoms. The molecule has 1 heterocycles. The lowest BCUT2D eigenvalue weighted by atomic mass is 10.1. The Kier molecular flexibility index (Phi) is 4.25. The van der Waals surface area contributed by atoms with Crippen LogP contribution in [0.3, 0.4) is 0 Å². The van der Waals surface area contributed by atoms with Crippen molar-refractivity contribution >= 4 is 11.3 Å². The van der Waals surface area contributed by atoms with Crippen LogP contribution in [0, 0.1) is 6.92 Å². The SMILES string of the molecule is CNC(C)(C)CNC(C)c1nc(C)cs1. The molecule has 0 fully saturated rings. The van der Waals surface area contributed by atoms with Crippen molar-refractivity contribution in [1.82, 2.24) is 15.6 Å². The Labute approximate surface area is 96.3 Å². The number of thiazole rings is 1. The average Bonchev–Trinajstić information content (AvgIpc) is 2.61. The highest BCUT2D eigenvalue weighted by Crippen LogP contribution is 2.17. The second-order valence-electron chi connectivity index (χ2n) is 4.56. The summed E-state index contributed by atoms with van der Waals surface area (Å²) in [6, 6.07) is 0.330. The van der Waals surface area contributed by atoms with Gasteiger partial charge in [-0.15, -0.1) is 11.3 Å². The molecule has 0 aliphatic heterocycles. The van der Waals surface area contributed by atoms with E-state index in [9.17, 15) is 0 Å². The van der Waals surface area contributed by atoms with Crippen LogP contribution in [0.1, 0.15) is 37.5 Å². The van der Waals surface area contributed by atoms with Crippen molar-refractivity contribution in [3.05, 3.63) is 16.1 Å². The average molecular weight is 227 g/mol. The first-order valence-corrected chi connectivity index (χ1v) is 6.17.